The average molecular weight is 351 g/mol. The normalized spacial score (nSPS) is 12.8. The first-order valence-corrected chi connectivity index (χ1v) is 7.55. The first kappa shape index (κ1) is 13.6. The molecule has 1 atom stereocenters. The van der Waals surface area contributed by atoms with E-state index >= 15 is 0 Å². The Morgan fingerprint density at radius 2 is 2.10 bits per heavy atom. The van der Waals surface area contributed by atoms with Gasteiger partial charge in [-0.15, -0.1) is 11.6 Å². The Morgan fingerprint density at radius 1 is 1.30 bits per heavy atom. The molecule has 0 fully saturated rings. The predicted octanol–water partition coefficient (Wildman–Crippen LogP) is 4.79. The number of halogens is 2. The Hall–Kier alpha value is -1.39. The minimum Gasteiger partial charge on any atom is -0.279 e. The van der Waals surface area contributed by atoms with Crippen molar-refractivity contribution in [2.75, 3.05) is 0 Å². The highest BCUT2D eigenvalue weighted by Gasteiger charge is 2.17. The van der Waals surface area contributed by atoms with E-state index in [1.165, 1.54) is 0 Å². The second-order valence-electron chi connectivity index (χ2n) is 4.70. The molecule has 0 amide bonds. The molecule has 102 valence electrons. The van der Waals surface area contributed by atoms with Crippen LogP contribution in [0.4, 0.5) is 0 Å². The maximum absolute atomic E-state index is 6.28. The largest absolute Gasteiger partial charge is 0.279 e. The van der Waals surface area contributed by atoms with Crippen molar-refractivity contribution in [2.45, 2.75) is 19.2 Å². The van der Waals surface area contributed by atoms with Crippen LogP contribution in [-0.4, -0.2) is 14.5 Å². The third-order valence-electron chi connectivity index (χ3n) is 3.20. The lowest BCUT2D eigenvalue weighted by Crippen LogP contribution is -2.03. The van der Waals surface area contributed by atoms with E-state index in [4.69, 9.17) is 11.6 Å². The van der Waals surface area contributed by atoms with Gasteiger partial charge in [-0.25, -0.2) is 9.97 Å². The molecule has 0 radical (unpaired) electrons. The fourth-order valence-corrected chi connectivity index (χ4v) is 2.61. The Bertz CT molecular complexity index is 780. The zero-order valence-corrected chi connectivity index (χ0v) is 13.5. The van der Waals surface area contributed by atoms with Crippen LogP contribution in [-0.2, 0) is 0 Å². The molecule has 3 aromatic rings. The molecule has 2 heterocycles. The summed E-state index contributed by atoms with van der Waals surface area (Å²) in [6.45, 7) is 3.98. The van der Waals surface area contributed by atoms with E-state index in [0.717, 1.165) is 32.7 Å². The van der Waals surface area contributed by atoms with Crippen LogP contribution in [0.2, 0.25) is 0 Å². The number of rotatable bonds is 2. The Balaban J connectivity index is 2.33. The van der Waals surface area contributed by atoms with Crippen LogP contribution in [0.25, 0.3) is 16.9 Å². The Labute approximate surface area is 130 Å². The number of aromatic nitrogens is 3. The first-order valence-electron chi connectivity index (χ1n) is 6.32. The smallest absolute Gasteiger partial charge is 0.164 e. The van der Waals surface area contributed by atoms with Gasteiger partial charge in [0.1, 0.15) is 11.3 Å². The lowest BCUT2D eigenvalue weighted by molar-refractivity contribution is 0.876. The van der Waals surface area contributed by atoms with Gasteiger partial charge in [0.2, 0.25) is 0 Å². The van der Waals surface area contributed by atoms with Gasteiger partial charge in [-0.3, -0.25) is 4.57 Å². The number of imidazole rings is 1. The van der Waals surface area contributed by atoms with Crippen LogP contribution in [0.5, 0.6) is 0 Å². The van der Waals surface area contributed by atoms with Crippen molar-refractivity contribution in [1.82, 2.24) is 14.5 Å². The summed E-state index contributed by atoms with van der Waals surface area (Å²) in [5, 5.41) is -0.187. The van der Waals surface area contributed by atoms with Gasteiger partial charge in [-0.2, -0.15) is 0 Å². The van der Waals surface area contributed by atoms with E-state index in [2.05, 4.69) is 38.9 Å². The minimum atomic E-state index is -0.187. The average Bonchev–Trinajstić information content (AvgIpc) is 2.81. The zero-order chi connectivity index (χ0) is 14.3. The molecule has 0 aliphatic rings. The van der Waals surface area contributed by atoms with E-state index in [9.17, 15) is 0 Å². The van der Waals surface area contributed by atoms with Crippen LogP contribution < -0.4 is 0 Å². The van der Waals surface area contributed by atoms with Gasteiger partial charge in [-0.05, 0) is 49.7 Å². The lowest BCUT2D eigenvalue weighted by atomic mass is 10.2. The van der Waals surface area contributed by atoms with E-state index in [1.807, 2.05) is 35.8 Å². The molecule has 5 heteroatoms. The predicted molar refractivity (Wildman–Crippen MR) is 85.6 cm³/mol. The van der Waals surface area contributed by atoms with E-state index in [-0.39, 0.29) is 5.38 Å². The Morgan fingerprint density at radius 3 is 2.80 bits per heavy atom. The fraction of sp³-hybridized carbons (Fsp3) is 0.200. The molecule has 0 saturated carbocycles. The summed E-state index contributed by atoms with van der Waals surface area (Å²) in [6.07, 6.45) is 1.77. The summed E-state index contributed by atoms with van der Waals surface area (Å²) in [7, 11) is 0. The number of pyridine rings is 1. The molecule has 20 heavy (non-hydrogen) atoms. The molecule has 0 aliphatic carbocycles. The molecule has 0 aliphatic heterocycles. The topological polar surface area (TPSA) is 30.7 Å². The quantitative estimate of drug-likeness (QED) is 0.622. The van der Waals surface area contributed by atoms with Gasteiger partial charge in [-0.1, -0.05) is 15.9 Å². The van der Waals surface area contributed by atoms with Crippen molar-refractivity contribution >= 4 is 38.7 Å². The van der Waals surface area contributed by atoms with Crippen LogP contribution in [0, 0.1) is 6.92 Å². The van der Waals surface area contributed by atoms with Gasteiger partial charge in [0, 0.05) is 16.4 Å². The molecule has 3 rings (SSSR count). The third-order valence-corrected chi connectivity index (χ3v) is 4.28. The standard InChI is InChI=1S/C15H13BrClN3/c1-9-8-11(5-6-12(9)16)20-14(10(2)17)19-13-4-3-7-18-15(13)20/h3-8,10H,1-2H3. The number of aryl methyl sites for hydroxylation is 1. The minimum absolute atomic E-state index is 0.187. The summed E-state index contributed by atoms with van der Waals surface area (Å²) in [4.78, 5) is 9.04. The van der Waals surface area contributed by atoms with Crippen molar-refractivity contribution in [2.24, 2.45) is 0 Å². The Kier molecular flexibility index (Phi) is 3.52. The molecular formula is C15H13BrClN3. The second kappa shape index (κ2) is 5.19. The maximum Gasteiger partial charge on any atom is 0.164 e. The van der Waals surface area contributed by atoms with Gasteiger partial charge in [0.05, 0.1) is 5.38 Å². The van der Waals surface area contributed by atoms with Crippen LogP contribution in [0.15, 0.2) is 41.0 Å². The molecule has 0 spiro atoms. The molecule has 2 aromatic heterocycles. The van der Waals surface area contributed by atoms with E-state index in [0.29, 0.717) is 0 Å². The van der Waals surface area contributed by atoms with Crippen molar-refractivity contribution < 1.29 is 0 Å². The highest BCUT2D eigenvalue weighted by molar-refractivity contribution is 9.10. The van der Waals surface area contributed by atoms with Crippen molar-refractivity contribution in [3.05, 3.63) is 52.4 Å². The van der Waals surface area contributed by atoms with Crippen molar-refractivity contribution in [3.8, 4) is 5.69 Å². The monoisotopic (exact) mass is 349 g/mol. The van der Waals surface area contributed by atoms with Gasteiger partial charge in [0.15, 0.2) is 5.65 Å². The molecule has 0 saturated heterocycles. The molecule has 1 unspecified atom stereocenters. The SMILES string of the molecule is Cc1cc(-n2c(C(C)Cl)nc3cccnc32)ccc1Br. The second-order valence-corrected chi connectivity index (χ2v) is 6.21. The van der Waals surface area contributed by atoms with Crippen molar-refractivity contribution in [3.63, 3.8) is 0 Å². The number of nitrogens with zero attached hydrogens (tertiary/aromatic N) is 3. The summed E-state index contributed by atoms with van der Waals surface area (Å²) < 4.78 is 3.10. The third kappa shape index (κ3) is 2.23. The van der Waals surface area contributed by atoms with Crippen LogP contribution in [0.1, 0.15) is 23.7 Å². The summed E-state index contributed by atoms with van der Waals surface area (Å²) in [5.74, 6) is 0.807. The zero-order valence-electron chi connectivity index (χ0n) is 11.1. The van der Waals surface area contributed by atoms with Crippen molar-refractivity contribution in [1.29, 1.82) is 0 Å². The van der Waals surface area contributed by atoms with Gasteiger partial charge >= 0.3 is 0 Å². The van der Waals surface area contributed by atoms with Crippen LogP contribution in [0.3, 0.4) is 0 Å². The number of hydrogen-bond donors (Lipinski definition) is 0. The molecular weight excluding hydrogens is 338 g/mol. The summed E-state index contributed by atoms with van der Waals surface area (Å²) >= 11 is 9.80. The maximum atomic E-state index is 6.28. The number of alkyl halides is 1. The number of fused-ring (bicyclic) bond motifs is 1. The van der Waals surface area contributed by atoms with E-state index in [1.54, 1.807) is 6.20 Å². The fourth-order valence-electron chi connectivity index (χ4n) is 2.22. The summed E-state index contributed by atoms with van der Waals surface area (Å²) in [6, 6.07) is 10.0. The number of hydrogen-bond acceptors (Lipinski definition) is 2. The van der Waals surface area contributed by atoms with E-state index < -0.39 is 0 Å². The van der Waals surface area contributed by atoms with Gasteiger partial charge < -0.3 is 0 Å². The van der Waals surface area contributed by atoms with Crippen LogP contribution >= 0.6 is 27.5 Å². The highest BCUT2D eigenvalue weighted by atomic mass is 79.9. The highest BCUT2D eigenvalue weighted by Crippen LogP contribution is 2.28. The molecule has 0 N–H and O–H groups in total. The first-order chi connectivity index (χ1) is 9.58. The molecule has 1 aromatic carbocycles. The summed E-state index contributed by atoms with van der Waals surface area (Å²) in [5.41, 5.74) is 3.87. The van der Waals surface area contributed by atoms with Gasteiger partial charge in [0.25, 0.3) is 0 Å². The lowest BCUT2D eigenvalue weighted by Gasteiger charge is -2.11. The number of benzene rings is 1. The molecule has 3 nitrogen and oxygen atoms in total. The molecule has 0 bridgehead atoms.